The number of urea groups is 1. The fraction of sp³-hybridized carbons (Fsp3) is 0.286. The molecule has 1 atom stereocenters. The normalized spacial score (nSPS) is 11.8. The van der Waals surface area contributed by atoms with E-state index in [-0.39, 0.29) is 12.1 Å². The van der Waals surface area contributed by atoms with E-state index in [0.29, 0.717) is 12.1 Å². The molecule has 0 saturated carbocycles. The van der Waals surface area contributed by atoms with Gasteiger partial charge in [-0.1, -0.05) is 54.1 Å². The third kappa shape index (κ3) is 7.60. The molecule has 0 aromatic heterocycles. The van der Waals surface area contributed by atoms with Gasteiger partial charge < -0.3 is 15.7 Å². The number of benzene rings is 3. The van der Waals surface area contributed by atoms with Gasteiger partial charge in [-0.15, -0.1) is 0 Å². The molecule has 0 aliphatic heterocycles. The van der Waals surface area contributed by atoms with Crippen molar-refractivity contribution in [3.63, 3.8) is 0 Å². The van der Waals surface area contributed by atoms with E-state index in [9.17, 15) is 14.7 Å². The second-order valence-electron chi connectivity index (χ2n) is 9.07. The molecule has 0 aliphatic carbocycles. The van der Waals surface area contributed by atoms with Crippen LogP contribution in [0.4, 0.5) is 10.5 Å². The van der Waals surface area contributed by atoms with Crippen molar-refractivity contribution >= 4 is 29.6 Å². The smallest absolute Gasteiger partial charge is 0.321 e. The highest BCUT2D eigenvalue weighted by Crippen LogP contribution is 2.27. The molecule has 0 heterocycles. The SMILES string of the molecule is Cc1cc(C)c(SNC(Cc2ccc(-c3cccc(NC(=O)NC(C)C)c3)cc2)C(=O)O)c(C)c1. The Balaban J connectivity index is 1.67. The molecule has 0 radical (unpaired) electrons. The van der Waals surface area contributed by atoms with Crippen molar-refractivity contribution < 1.29 is 14.7 Å². The molecule has 0 fully saturated rings. The summed E-state index contributed by atoms with van der Waals surface area (Å²) in [5.41, 5.74) is 7.04. The minimum absolute atomic E-state index is 0.0539. The summed E-state index contributed by atoms with van der Waals surface area (Å²) in [6.07, 6.45) is 0.365. The Morgan fingerprint density at radius 2 is 1.57 bits per heavy atom. The Labute approximate surface area is 211 Å². The van der Waals surface area contributed by atoms with Gasteiger partial charge in [0.15, 0.2) is 0 Å². The molecule has 0 aliphatic rings. The molecular formula is C28H33N3O3S. The van der Waals surface area contributed by atoms with E-state index in [2.05, 4.69) is 34.4 Å². The Morgan fingerprint density at radius 3 is 2.17 bits per heavy atom. The van der Waals surface area contributed by atoms with Gasteiger partial charge in [0.05, 0.1) is 0 Å². The molecule has 6 nitrogen and oxygen atoms in total. The Morgan fingerprint density at radius 1 is 0.914 bits per heavy atom. The standard InChI is InChI=1S/C28H33N3O3S/c1-17(2)29-28(34)30-24-8-6-7-23(16-24)22-11-9-21(10-12-22)15-25(27(32)33)31-35-26-19(4)13-18(3)14-20(26)5/h6-14,16-17,25,31H,15H2,1-5H3,(H,32,33)(H2,29,30,34). The van der Waals surface area contributed by atoms with Crippen molar-refractivity contribution in [3.8, 4) is 11.1 Å². The fourth-order valence-electron chi connectivity index (χ4n) is 3.91. The van der Waals surface area contributed by atoms with Crippen molar-refractivity contribution in [1.82, 2.24) is 10.0 Å². The number of aliphatic carboxylic acids is 1. The molecule has 7 heteroatoms. The summed E-state index contributed by atoms with van der Waals surface area (Å²) in [4.78, 5) is 25.0. The molecule has 0 spiro atoms. The van der Waals surface area contributed by atoms with Crippen molar-refractivity contribution in [2.24, 2.45) is 0 Å². The number of carbonyl (C=O) groups is 2. The maximum atomic E-state index is 12.0. The van der Waals surface area contributed by atoms with Gasteiger partial charge in [0.25, 0.3) is 0 Å². The third-order valence-electron chi connectivity index (χ3n) is 5.47. The number of anilines is 1. The van der Waals surface area contributed by atoms with Crippen LogP contribution < -0.4 is 15.4 Å². The maximum absolute atomic E-state index is 12.0. The number of aryl methyl sites for hydroxylation is 3. The molecule has 184 valence electrons. The van der Waals surface area contributed by atoms with Gasteiger partial charge in [0.2, 0.25) is 0 Å². The quantitative estimate of drug-likeness (QED) is 0.272. The van der Waals surface area contributed by atoms with Gasteiger partial charge >= 0.3 is 12.0 Å². The highest BCUT2D eigenvalue weighted by Gasteiger charge is 2.19. The monoisotopic (exact) mass is 491 g/mol. The molecule has 1 unspecified atom stereocenters. The van der Waals surface area contributed by atoms with Gasteiger partial charge in [-0.2, -0.15) is 0 Å². The summed E-state index contributed by atoms with van der Waals surface area (Å²) >= 11 is 1.38. The number of nitrogens with one attached hydrogen (secondary N) is 3. The zero-order valence-electron chi connectivity index (χ0n) is 20.8. The van der Waals surface area contributed by atoms with Crippen molar-refractivity contribution in [3.05, 3.63) is 82.9 Å². The number of amides is 2. The van der Waals surface area contributed by atoms with Crippen LogP contribution in [0, 0.1) is 20.8 Å². The first kappa shape index (κ1) is 26.3. The summed E-state index contributed by atoms with van der Waals surface area (Å²) in [6, 6.07) is 18.8. The lowest BCUT2D eigenvalue weighted by atomic mass is 10.0. The average Bonchev–Trinajstić information content (AvgIpc) is 2.77. The second kappa shape index (κ2) is 11.9. The maximum Gasteiger partial charge on any atom is 0.321 e. The van der Waals surface area contributed by atoms with Gasteiger partial charge in [0.1, 0.15) is 6.04 Å². The predicted molar refractivity (Wildman–Crippen MR) is 144 cm³/mol. The lowest BCUT2D eigenvalue weighted by Crippen LogP contribution is -2.34. The van der Waals surface area contributed by atoms with E-state index in [1.807, 2.05) is 76.2 Å². The summed E-state index contributed by atoms with van der Waals surface area (Å²) in [7, 11) is 0. The summed E-state index contributed by atoms with van der Waals surface area (Å²) < 4.78 is 3.14. The number of carboxylic acids is 1. The highest BCUT2D eigenvalue weighted by molar-refractivity contribution is 7.97. The van der Waals surface area contributed by atoms with E-state index in [1.165, 1.54) is 17.5 Å². The fourth-order valence-corrected chi connectivity index (χ4v) is 4.80. The molecule has 0 saturated heterocycles. The van der Waals surface area contributed by atoms with Crippen LogP contribution in [-0.4, -0.2) is 29.2 Å². The summed E-state index contributed by atoms with van der Waals surface area (Å²) in [5, 5.41) is 15.4. The van der Waals surface area contributed by atoms with Crippen molar-refractivity contribution in [1.29, 1.82) is 0 Å². The zero-order valence-corrected chi connectivity index (χ0v) is 21.6. The van der Waals surface area contributed by atoms with Crippen LogP contribution in [0.2, 0.25) is 0 Å². The Hall–Kier alpha value is -3.29. The van der Waals surface area contributed by atoms with Crippen LogP contribution in [0.5, 0.6) is 0 Å². The summed E-state index contributed by atoms with van der Waals surface area (Å²) in [5.74, 6) is -0.887. The van der Waals surface area contributed by atoms with Crippen LogP contribution in [0.15, 0.2) is 65.6 Å². The minimum atomic E-state index is -0.887. The number of carbonyl (C=O) groups excluding carboxylic acids is 1. The van der Waals surface area contributed by atoms with Crippen LogP contribution in [0.1, 0.15) is 36.1 Å². The molecule has 3 aromatic carbocycles. The van der Waals surface area contributed by atoms with Crippen LogP contribution in [0.3, 0.4) is 0 Å². The van der Waals surface area contributed by atoms with Crippen LogP contribution in [0.25, 0.3) is 11.1 Å². The topological polar surface area (TPSA) is 90.5 Å². The van der Waals surface area contributed by atoms with Gasteiger partial charge in [-0.3, -0.25) is 4.79 Å². The van der Waals surface area contributed by atoms with Crippen LogP contribution in [-0.2, 0) is 11.2 Å². The number of rotatable bonds is 9. The van der Waals surface area contributed by atoms with Crippen molar-refractivity contribution in [2.75, 3.05) is 5.32 Å². The molecular weight excluding hydrogens is 458 g/mol. The lowest BCUT2D eigenvalue weighted by Gasteiger charge is -2.17. The minimum Gasteiger partial charge on any atom is -0.480 e. The predicted octanol–water partition coefficient (Wildman–Crippen LogP) is 6.10. The molecule has 3 aromatic rings. The zero-order chi connectivity index (χ0) is 25.5. The van der Waals surface area contributed by atoms with Crippen LogP contribution >= 0.6 is 11.9 Å². The molecule has 35 heavy (non-hydrogen) atoms. The Bertz CT molecular complexity index is 1170. The number of carboxylic acid groups (broad SMARTS) is 1. The molecule has 4 N–H and O–H groups in total. The van der Waals surface area contributed by atoms with Gasteiger partial charge in [-0.05, 0) is 92.9 Å². The molecule has 3 rings (SSSR count). The van der Waals surface area contributed by atoms with Gasteiger partial charge in [-0.25, -0.2) is 9.52 Å². The first-order chi connectivity index (χ1) is 16.6. The number of hydrogen-bond donors (Lipinski definition) is 4. The molecule has 0 bridgehead atoms. The van der Waals surface area contributed by atoms with Crippen molar-refractivity contribution in [2.45, 2.75) is 58.0 Å². The van der Waals surface area contributed by atoms with Gasteiger partial charge in [0, 0.05) is 16.6 Å². The first-order valence-corrected chi connectivity index (χ1v) is 12.4. The highest BCUT2D eigenvalue weighted by atomic mass is 32.2. The average molecular weight is 492 g/mol. The third-order valence-corrected chi connectivity index (χ3v) is 6.72. The second-order valence-corrected chi connectivity index (χ2v) is 9.92. The first-order valence-electron chi connectivity index (χ1n) is 11.6. The van der Waals surface area contributed by atoms with E-state index in [1.54, 1.807) is 0 Å². The van der Waals surface area contributed by atoms with E-state index >= 15 is 0 Å². The van der Waals surface area contributed by atoms with E-state index in [0.717, 1.165) is 32.7 Å². The summed E-state index contributed by atoms with van der Waals surface area (Å²) in [6.45, 7) is 9.96. The van der Waals surface area contributed by atoms with E-state index < -0.39 is 12.0 Å². The molecule has 2 amide bonds. The number of hydrogen-bond acceptors (Lipinski definition) is 4. The Kier molecular flexibility index (Phi) is 8.95. The lowest BCUT2D eigenvalue weighted by molar-refractivity contribution is -0.138. The van der Waals surface area contributed by atoms with E-state index in [4.69, 9.17) is 0 Å². The largest absolute Gasteiger partial charge is 0.480 e.